The first-order valence-corrected chi connectivity index (χ1v) is 12.3. The van der Waals surface area contributed by atoms with Crippen LogP contribution in [0.15, 0.2) is 30.9 Å². The third kappa shape index (κ3) is 4.75. The Balaban J connectivity index is 2.48. The molecule has 0 fully saturated rings. The molecule has 1 aliphatic heterocycles. The first-order valence-electron chi connectivity index (χ1n) is 9.53. The summed E-state index contributed by atoms with van der Waals surface area (Å²) in [6.07, 6.45) is 2.93. The molecule has 1 aromatic rings. The first kappa shape index (κ1) is 20.2. The van der Waals surface area contributed by atoms with Gasteiger partial charge >= 0.3 is 0 Å². The van der Waals surface area contributed by atoms with Gasteiger partial charge in [0.2, 0.25) is 0 Å². The second kappa shape index (κ2) is 8.52. The highest BCUT2D eigenvalue weighted by molar-refractivity contribution is 6.48. The molecule has 3 nitrogen and oxygen atoms in total. The molecule has 0 bridgehead atoms. The molecule has 0 saturated heterocycles. The number of para-hydroxylation sites is 1. The van der Waals surface area contributed by atoms with Crippen molar-refractivity contribution >= 4 is 14.7 Å². The maximum atomic E-state index is 6.17. The fraction of sp³-hybridized carbons (Fsp3) is 0.619. The van der Waals surface area contributed by atoms with E-state index in [1.807, 2.05) is 6.08 Å². The normalized spacial score (nSPS) is 20.7. The molecule has 2 atom stereocenters. The van der Waals surface area contributed by atoms with E-state index in [0.717, 1.165) is 19.6 Å². The number of rotatable bonds is 7. The van der Waals surface area contributed by atoms with Crippen LogP contribution >= 0.6 is 0 Å². The molecule has 1 aromatic carbocycles. The second-order valence-electron chi connectivity index (χ2n) is 8.16. The fourth-order valence-corrected chi connectivity index (χ4v) is 4.26. The summed E-state index contributed by atoms with van der Waals surface area (Å²) < 4.78 is 12.3. The van der Waals surface area contributed by atoms with E-state index < -0.39 is 9.04 Å². The predicted molar refractivity (Wildman–Crippen MR) is 110 cm³/mol. The van der Waals surface area contributed by atoms with Crippen molar-refractivity contribution in [3.63, 3.8) is 0 Å². The highest BCUT2D eigenvalue weighted by Crippen LogP contribution is 2.44. The molecule has 0 spiro atoms. The van der Waals surface area contributed by atoms with Gasteiger partial charge in [-0.05, 0) is 31.0 Å². The van der Waals surface area contributed by atoms with Crippen LogP contribution in [-0.4, -0.2) is 34.8 Å². The van der Waals surface area contributed by atoms with Crippen molar-refractivity contribution in [1.82, 2.24) is 0 Å². The second-order valence-corrected chi connectivity index (χ2v) is 10.6. The lowest BCUT2D eigenvalue weighted by Gasteiger charge is -2.44. The number of anilines is 1. The van der Waals surface area contributed by atoms with E-state index in [1.54, 1.807) is 0 Å². The van der Waals surface area contributed by atoms with E-state index in [4.69, 9.17) is 9.16 Å². The van der Waals surface area contributed by atoms with Crippen molar-refractivity contribution in [3.05, 3.63) is 42.0 Å². The van der Waals surface area contributed by atoms with Gasteiger partial charge in [0.25, 0.3) is 0 Å². The number of fused-ring (bicyclic) bond motifs is 1. The van der Waals surface area contributed by atoms with Gasteiger partial charge in [-0.25, -0.2) is 0 Å². The molecule has 0 aliphatic carbocycles. The summed E-state index contributed by atoms with van der Waals surface area (Å²) in [7, 11) is -1.04. The van der Waals surface area contributed by atoms with Crippen LogP contribution in [0.2, 0.25) is 13.1 Å². The van der Waals surface area contributed by atoms with Crippen molar-refractivity contribution < 1.29 is 9.16 Å². The molecular formula is C21H35NO2Si. The maximum Gasteiger partial charge on any atom is 0.170 e. The van der Waals surface area contributed by atoms with E-state index >= 15 is 0 Å². The predicted octanol–water partition coefficient (Wildman–Crippen LogP) is 4.83. The molecule has 2 rings (SSSR count). The highest BCUT2D eigenvalue weighted by Gasteiger charge is 2.36. The highest BCUT2D eigenvalue weighted by atomic mass is 28.3. The van der Waals surface area contributed by atoms with Crippen LogP contribution in [0.3, 0.4) is 0 Å². The molecule has 0 N–H and O–H groups in total. The van der Waals surface area contributed by atoms with Gasteiger partial charge in [0, 0.05) is 24.2 Å². The standard InChI is InChI=1S/C21H35NO2Si/c1-8-13-23-19-14-16(15-24-25(6)7)22(9-2)20-17(19)11-10-12-18(20)21(3,4)5/h8,10-12,16,19,25H,1,9,13-15H2,2-7H3. The quantitative estimate of drug-likeness (QED) is 0.513. The molecule has 4 heteroatoms. The van der Waals surface area contributed by atoms with E-state index in [2.05, 4.69) is 70.5 Å². The van der Waals surface area contributed by atoms with Crippen LogP contribution in [-0.2, 0) is 14.6 Å². The zero-order valence-corrected chi connectivity index (χ0v) is 18.0. The lowest BCUT2D eigenvalue weighted by molar-refractivity contribution is 0.0517. The van der Waals surface area contributed by atoms with Crippen molar-refractivity contribution in [2.45, 2.75) is 64.8 Å². The Kier molecular flexibility index (Phi) is 6.89. The van der Waals surface area contributed by atoms with Crippen LogP contribution in [0.4, 0.5) is 5.69 Å². The van der Waals surface area contributed by atoms with Crippen LogP contribution in [0.1, 0.15) is 51.3 Å². The van der Waals surface area contributed by atoms with Crippen molar-refractivity contribution in [2.24, 2.45) is 0 Å². The van der Waals surface area contributed by atoms with Gasteiger partial charge in [-0.15, -0.1) is 6.58 Å². The minimum Gasteiger partial charge on any atom is -0.418 e. The van der Waals surface area contributed by atoms with Gasteiger partial charge < -0.3 is 14.1 Å². The molecule has 1 aliphatic rings. The van der Waals surface area contributed by atoms with Gasteiger partial charge in [-0.3, -0.25) is 0 Å². The van der Waals surface area contributed by atoms with E-state index in [9.17, 15) is 0 Å². The number of ether oxygens (including phenoxy) is 1. The third-order valence-corrected chi connectivity index (χ3v) is 5.67. The minimum atomic E-state index is -1.04. The lowest BCUT2D eigenvalue weighted by atomic mass is 9.80. The number of nitrogens with zero attached hydrogens (tertiary/aromatic N) is 1. The third-order valence-electron chi connectivity index (χ3n) is 4.81. The summed E-state index contributed by atoms with van der Waals surface area (Å²) >= 11 is 0. The average Bonchev–Trinajstić information content (AvgIpc) is 2.56. The Morgan fingerprint density at radius 1 is 1.32 bits per heavy atom. The summed E-state index contributed by atoms with van der Waals surface area (Å²) in [5.41, 5.74) is 4.16. The lowest BCUT2D eigenvalue weighted by Crippen LogP contribution is -2.45. The number of likely N-dealkylation sites (N-methyl/N-ethyl adjacent to an activating group) is 1. The molecule has 140 valence electrons. The zero-order chi connectivity index (χ0) is 18.6. The molecule has 1 heterocycles. The van der Waals surface area contributed by atoms with Crippen LogP contribution in [0.25, 0.3) is 0 Å². The molecule has 0 amide bonds. The Morgan fingerprint density at radius 2 is 2.04 bits per heavy atom. The summed E-state index contributed by atoms with van der Waals surface area (Å²) in [5.74, 6) is 0. The van der Waals surface area contributed by atoms with E-state index in [0.29, 0.717) is 12.6 Å². The molecule has 0 saturated carbocycles. The van der Waals surface area contributed by atoms with Gasteiger partial charge in [0.1, 0.15) is 0 Å². The van der Waals surface area contributed by atoms with Gasteiger partial charge in [-0.2, -0.15) is 0 Å². The Morgan fingerprint density at radius 3 is 2.60 bits per heavy atom. The molecule has 0 radical (unpaired) electrons. The van der Waals surface area contributed by atoms with Crippen LogP contribution in [0, 0.1) is 0 Å². The first-order chi connectivity index (χ1) is 11.8. The Labute approximate surface area is 155 Å². The molecule has 25 heavy (non-hydrogen) atoms. The van der Waals surface area contributed by atoms with Crippen molar-refractivity contribution in [1.29, 1.82) is 0 Å². The molecular weight excluding hydrogens is 326 g/mol. The minimum absolute atomic E-state index is 0.0945. The zero-order valence-electron chi connectivity index (χ0n) is 16.8. The fourth-order valence-electron chi connectivity index (χ4n) is 3.65. The SMILES string of the molecule is C=CCOC1CC(CO[SiH](C)C)N(CC)c2c1cccc2C(C)(C)C. The Hall–Kier alpha value is -1.10. The van der Waals surface area contributed by atoms with E-state index in [-0.39, 0.29) is 11.5 Å². The van der Waals surface area contributed by atoms with Gasteiger partial charge in [-0.1, -0.05) is 45.0 Å². The number of benzene rings is 1. The molecule has 2 unspecified atom stereocenters. The average molecular weight is 362 g/mol. The van der Waals surface area contributed by atoms with E-state index in [1.165, 1.54) is 16.8 Å². The van der Waals surface area contributed by atoms with Gasteiger partial charge in [0.15, 0.2) is 9.04 Å². The van der Waals surface area contributed by atoms with Crippen LogP contribution < -0.4 is 4.90 Å². The maximum absolute atomic E-state index is 6.17. The van der Waals surface area contributed by atoms with Crippen molar-refractivity contribution in [3.8, 4) is 0 Å². The van der Waals surface area contributed by atoms with Crippen LogP contribution in [0.5, 0.6) is 0 Å². The smallest absolute Gasteiger partial charge is 0.170 e. The Bertz CT molecular complexity index is 580. The summed E-state index contributed by atoms with van der Waals surface area (Å²) in [5, 5.41) is 0. The molecule has 0 aromatic heterocycles. The number of hydrogen-bond donors (Lipinski definition) is 0. The monoisotopic (exact) mass is 361 g/mol. The largest absolute Gasteiger partial charge is 0.418 e. The summed E-state index contributed by atoms with van der Waals surface area (Å²) in [4.78, 5) is 2.54. The number of hydrogen-bond acceptors (Lipinski definition) is 3. The summed E-state index contributed by atoms with van der Waals surface area (Å²) in [6.45, 7) is 19.8. The van der Waals surface area contributed by atoms with Gasteiger partial charge in [0.05, 0.1) is 25.4 Å². The summed E-state index contributed by atoms with van der Waals surface area (Å²) in [6, 6.07) is 7.04. The topological polar surface area (TPSA) is 21.7 Å². The van der Waals surface area contributed by atoms with Crippen molar-refractivity contribution in [2.75, 3.05) is 24.7 Å².